The molecule has 1 aliphatic carbocycles. The normalized spacial score (nSPS) is 20.2. The summed E-state index contributed by atoms with van der Waals surface area (Å²) in [5.74, 6) is -0.935. The number of piperazine rings is 1. The molecule has 1 amide bonds. The Labute approximate surface area is 258 Å². The van der Waals surface area contributed by atoms with Gasteiger partial charge >= 0.3 is 5.97 Å². The van der Waals surface area contributed by atoms with Crippen molar-refractivity contribution in [2.75, 3.05) is 24.5 Å². The molecule has 2 aromatic carbocycles. The number of aryl methyl sites for hydroxylation is 2. The number of hydrogen-bond donors (Lipinski definition) is 2. The Hall–Kier alpha value is -4.09. The Morgan fingerprint density at radius 3 is 2.36 bits per heavy atom. The number of benzene rings is 2. The number of aliphatic carboxylic acids is 1. The number of amides is 1. The van der Waals surface area contributed by atoms with Crippen LogP contribution in [-0.2, 0) is 44.4 Å². The van der Waals surface area contributed by atoms with Gasteiger partial charge in [0.2, 0.25) is 15.9 Å². The molecule has 3 aromatic rings. The molecule has 44 heavy (non-hydrogen) atoms. The number of fused-ring (bicyclic) bond motifs is 1. The van der Waals surface area contributed by atoms with Crippen molar-refractivity contribution in [2.45, 2.75) is 69.4 Å². The first-order valence-electron chi connectivity index (χ1n) is 15.1. The highest BCUT2D eigenvalue weighted by atomic mass is 32.2. The van der Waals surface area contributed by atoms with Crippen LogP contribution in [0.2, 0.25) is 0 Å². The van der Waals surface area contributed by atoms with Crippen LogP contribution in [0.3, 0.4) is 0 Å². The molecule has 2 atom stereocenters. The Balaban J connectivity index is 1.42. The minimum Gasteiger partial charge on any atom is -0.481 e. The van der Waals surface area contributed by atoms with Crippen molar-refractivity contribution >= 4 is 33.8 Å². The highest BCUT2D eigenvalue weighted by Crippen LogP contribution is 2.35. The van der Waals surface area contributed by atoms with Gasteiger partial charge in [-0.1, -0.05) is 62.7 Å². The van der Waals surface area contributed by atoms with Gasteiger partial charge < -0.3 is 15.3 Å². The summed E-state index contributed by atoms with van der Waals surface area (Å²) in [5.41, 5.74) is 2.81. The number of allylic oxidation sites excluding steroid dienone is 1. The number of carboxylic acids is 1. The maximum absolute atomic E-state index is 13.9. The second-order valence-electron chi connectivity index (χ2n) is 11.6. The molecular formula is C33H39N5O5S. The molecule has 1 aliphatic heterocycles. The first kappa shape index (κ1) is 31.3. The molecule has 1 saturated heterocycles. The fraction of sp³-hybridized carbons (Fsp3) is 0.394. The molecule has 1 fully saturated rings. The van der Waals surface area contributed by atoms with E-state index < -0.39 is 33.4 Å². The standard InChI is InChI=1S/C33H39N5O5S/c1-4-7-24-9-11-25(12-10-24)20-35-31(39)28-22-37(18-19-38(28)44(42,43)26-15-13-23(5-2)14-16-26)29-21-34-30-27(36-29)8-6-17-33(30,3)32(40)41/h6,8-16,21,28H,4-5,7,17-20,22H2,1-3H3,(H,35,39)(H,40,41)/t28-,33?/m1/s1. The van der Waals surface area contributed by atoms with Gasteiger partial charge in [0.15, 0.2) is 0 Å². The lowest BCUT2D eigenvalue weighted by Crippen LogP contribution is -2.60. The molecule has 0 spiro atoms. The third-order valence-electron chi connectivity index (χ3n) is 8.51. The third-order valence-corrected chi connectivity index (χ3v) is 10.4. The number of carboxylic acid groups (broad SMARTS) is 1. The van der Waals surface area contributed by atoms with Crippen molar-refractivity contribution in [1.29, 1.82) is 0 Å². The van der Waals surface area contributed by atoms with Crippen molar-refractivity contribution in [2.24, 2.45) is 0 Å². The van der Waals surface area contributed by atoms with Gasteiger partial charge in [-0.25, -0.2) is 13.4 Å². The predicted molar refractivity (Wildman–Crippen MR) is 169 cm³/mol. The van der Waals surface area contributed by atoms with Gasteiger partial charge in [0, 0.05) is 26.2 Å². The van der Waals surface area contributed by atoms with Crippen molar-refractivity contribution in [1.82, 2.24) is 19.6 Å². The maximum atomic E-state index is 13.9. The van der Waals surface area contributed by atoms with E-state index in [9.17, 15) is 23.1 Å². The third kappa shape index (κ3) is 6.25. The SMILES string of the molecule is CCCc1ccc(CNC(=O)[C@H]2CN(c3cnc4c(n3)C=CCC4(C)C(=O)O)CCN2S(=O)(=O)c2ccc(CC)cc2)cc1. The number of carbonyl (C=O) groups excluding carboxylic acids is 1. The summed E-state index contributed by atoms with van der Waals surface area (Å²) in [4.78, 5) is 36.9. The number of nitrogens with one attached hydrogen (secondary N) is 1. The molecule has 10 nitrogen and oxygen atoms in total. The molecule has 0 radical (unpaired) electrons. The van der Waals surface area contributed by atoms with E-state index in [-0.39, 0.29) is 31.1 Å². The Kier molecular flexibility index (Phi) is 9.17. The van der Waals surface area contributed by atoms with E-state index in [1.54, 1.807) is 43.3 Å². The van der Waals surface area contributed by atoms with Crippen LogP contribution in [0.1, 0.15) is 61.7 Å². The minimum atomic E-state index is -3.99. The average molecular weight is 618 g/mol. The van der Waals surface area contributed by atoms with E-state index in [2.05, 4.69) is 17.2 Å². The number of rotatable bonds is 10. The molecule has 2 N–H and O–H groups in total. The van der Waals surface area contributed by atoms with Crippen molar-refractivity contribution < 1.29 is 23.1 Å². The summed E-state index contributed by atoms with van der Waals surface area (Å²) in [6, 6.07) is 13.8. The zero-order valence-corrected chi connectivity index (χ0v) is 26.2. The lowest BCUT2D eigenvalue weighted by molar-refractivity contribution is -0.143. The van der Waals surface area contributed by atoms with Gasteiger partial charge in [-0.05, 0) is 61.1 Å². The van der Waals surface area contributed by atoms with E-state index in [1.807, 2.05) is 36.1 Å². The molecule has 2 aliphatic rings. The van der Waals surface area contributed by atoms with Crippen LogP contribution in [0.15, 0.2) is 65.7 Å². The van der Waals surface area contributed by atoms with Gasteiger partial charge in [0.05, 0.1) is 22.5 Å². The summed E-state index contributed by atoms with van der Waals surface area (Å²) in [5, 5.41) is 12.8. The molecule has 1 aromatic heterocycles. The summed E-state index contributed by atoms with van der Waals surface area (Å²) < 4.78 is 29.0. The molecule has 0 bridgehead atoms. The van der Waals surface area contributed by atoms with E-state index in [1.165, 1.54) is 16.1 Å². The number of sulfonamides is 1. The fourth-order valence-electron chi connectivity index (χ4n) is 5.71. The fourth-order valence-corrected chi connectivity index (χ4v) is 7.28. The van der Waals surface area contributed by atoms with Crippen LogP contribution >= 0.6 is 0 Å². The highest BCUT2D eigenvalue weighted by Gasteiger charge is 2.42. The summed E-state index contributed by atoms with van der Waals surface area (Å²) in [6.45, 7) is 6.41. The van der Waals surface area contributed by atoms with Crippen molar-refractivity contribution in [3.63, 3.8) is 0 Å². The Bertz CT molecular complexity index is 1660. The smallest absolute Gasteiger partial charge is 0.315 e. The van der Waals surface area contributed by atoms with Gasteiger partial charge in [-0.15, -0.1) is 0 Å². The monoisotopic (exact) mass is 617 g/mol. The lowest BCUT2D eigenvalue weighted by Gasteiger charge is -2.40. The van der Waals surface area contributed by atoms with Gasteiger partial charge in [-0.2, -0.15) is 4.31 Å². The number of nitrogens with zero attached hydrogens (tertiary/aromatic N) is 4. The predicted octanol–water partition coefficient (Wildman–Crippen LogP) is 3.95. The van der Waals surface area contributed by atoms with Crippen LogP contribution in [0.25, 0.3) is 6.08 Å². The Morgan fingerprint density at radius 2 is 1.70 bits per heavy atom. The molecule has 0 saturated carbocycles. The zero-order chi connectivity index (χ0) is 31.5. The van der Waals surface area contributed by atoms with Gasteiger partial charge in [0.1, 0.15) is 17.3 Å². The number of hydrogen-bond acceptors (Lipinski definition) is 7. The first-order chi connectivity index (χ1) is 21.1. The summed E-state index contributed by atoms with van der Waals surface area (Å²) >= 11 is 0. The molecule has 1 unspecified atom stereocenters. The zero-order valence-electron chi connectivity index (χ0n) is 25.4. The van der Waals surface area contributed by atoms with Crippen molar-refractivity contribution in [3.05, 3.63) is 88.9 Å². The minimum absolute atomic E-state index is 0.0565. The summed E-state index contributed by atoms with van der Waals surface area (Å²) in [7, 11) is -3.99. The van der Waals surface area contributed by atoms with Crippen LogP contribution < -0.4 is 10.2 Å². The number of aromatic nitrogens is 2. The second kappa shape index (κ2) is 12.9. The first-order valence-corrected chi connectivity index (χ1v) is 16.5. The molecule has 5 rings (SSSR count). The molecule has 2 heterocycles. The maximum Gasteiger partial charge on any atom is 0.315 e. The Morgan fingerprint density at radius 1 is 1.02 bits per heavy atom. The van der Waals surface area contributed by atoms with Crippen LogP contribution in [0, 0.1) is 0 Å². The largest absolute Gasteiger partial charge is 0.481 e. The lowest BCUT2D eigenvalue weighted by atomic mass is 9.79. The van der Waals surface area contributed by atoms with Crippen LogP contribution in [0.4, 0.5) is 5.82 Å². The summed E-state index contributed by atoms with van der Waals surface area (Å²) in [6.07, 6.45) is 8.16. The van der Waals surface area contributed by atoms with Crippen LogP contribution in [0.5, 0.6) is 0 Å². The van der Waals surface area contributed by atoms with E-state index in [0.29, 0.717) is 23.6 Å². The second-order valence-corrected chi connectivity index (χ2v) is 13.5. The number of carbonyl (C=O) groups is 2. The number of anilines is 1. The molecule has 11 heteroatoms. The van der Waals surface area contributed by atoms with Gasteiger partial charge in [-0.3, -0.25) is 14.6 Å². The topological polar surface area (TPSA) is 133 Å². The highest BCUT2D eigenvalue weighted by molar-refractivity contribution is 7.89. The van der Waals surface area contributed by atoms with E-state index in [0.717, 1.165) is 30.4 Å². The van der Waals surface area contributed by atoms with Crippen molar-refractivity contribution in [3.8, 4) is 0 Å². The van der Waals surface area contributed by atoms with Gasteiger partial charge in [0.25, 0.3) is 0 Å². The van der Waals surface area contributed by atoms with E-state index in [4.69, 9.17) is 4.98 Å². The van der Waals surface area contributed by atoms with E-state index >= 15 is 0 Å². The molecule has 232 valence electrons. The average Bonchev–Trinajstić information content (AvgIpc) is 3.04. The molecular weight excluding hydrogens is 578 g/mol. The van der Waals surface area contributed by atoms with Crippen LogP contribution in [-0.4, -0.2) is 65.4 Å². The quantitative estimate of drug-likeness (QED) is 0.350.